The second-order valence-corrected chi connectivity index (χ2v) is 9.55. The lowest BCUT2D eigenvalue weighted by atomic mass is 9.70. The van der Waals surface area contributed by atoms with Gasteiger partial charge in [0.1, 0.15) is 0 Å². The number of piperidine rings is 1. The first kappa shape index (κ1) is 16.3. The maximum Gasteiger partial charge on any atom is 0.00954 e. The molecule has 20 heavy (non-hydrogen) atoms. The number of likely N-dealkylation sites (tertiary alicyclic amines) is 1. The lowest BCUT2D eigenvalue weighted by Gasteiger charge is -2.45. The van der Waals surface area contributed by atoms with Crippen LogP contribution in [0.4, 0.5) is 0 Å². The number of nitrogens with zero attached hydrogens (tertiary/aromatic N) is 1. The van der Waals surface area contributed by atoms with Gasteiger partial charge >= 0.3 is 0 Å². The Balaban J connectivity index is 1.79. The van der Waals surface area contributed by atoms with E-state index in [4.69, 9.17) is 0 Å². The monoisotopic (exact) mass is 279 g/mol. The highest BCUT2D eigenvalue weighted by molar-refractivity contribution is 4.88. The molecule has 2 aliphatic rings. The smallest absolute Gasteiger partial charge is 0.00954 e. The standard InChI is InChI=1S/C19H37N/c1-18(2,3)15-7-9-17(10-8-15)20-13-11-16(12-14-20)19(4,5)6/h15-17H,7-14H2,1-6H3. The number of rotatable bonds is 1. The van der Waals surface area contributed by atoms with E-state index < -0.39 is 0 Å². The molecule has 0 aromatic heterocycles. The van der Waals surface area contributed by atoms with Crippen LogP contribution in [-0.2, 0) is 0 Å². The van der Waals surface area contributed by atoms with Gasteiger partial charge in [0, 0.05) is 6.04 Å². The van der Waals surface area contributed by atoms with Crippen LogP contribution in [0.5, 0.6) is 0 Å². The second-order valence-electron chi connectivity index (χ2n) is 9.55. The van der Waals surface area contributed by atoms with E-state index in [1.165, 1.54) is 51.6 Å². The fraction of sp³-hybridized carbons (Fsp3) is 1.00. The molecule has 1 aliphatic heterocycles. The average molecular weight is 280 g/mol. The molecular weight excluding hydrogens is 242 g/mol. The third-order valence-electron chi connectivity index (χ3n) is 6.19. The second kappa shape index (κ2) is 5.99. The van der Waals surface area contributed by atoms with Gasteiger partial charge in [0.05, 0.1) is 0 Å². The van der Waals surface area contributed by atoms with Crippen LogP contribution in [0.1, 0.15) is 80.1 Å². The van der Waals surface area contributed by atoms with Crippen molar-refractivity contribution in [2.24, 2.45) is 22.7 Å². The Morgan fingerprint density at radius 2 is 1.00 bits per heavy atom. The summed E-state index contributed by atoms with van der Waals surface area (Å²) in [6, 6.07) is 0.898. The van der Waals surface area contributed by atoms with Crippen LogP contribution in [0.25, 0.3) is 0 Å². The molecule has 0 radical (unpaired) electrons. The van der Waals surface area contributed by atoms with Gasteiger partial charge in [0.25, 0.3) is 0 Å². The molecule has 1 heterocycles. The summed E-state index contributed by atoms with van der Waals surface area (Å²) in [7, 11) is 0. The van der Waals surface area contributed by atoms with Crippen molar-refractivity contribution in [3.8, 4) is 0 Å². The maximum absolute atomic E-state index is 2.82. The normalized spacial score (nSPS) is 31.5. The zero-order valence-corrected chi connectivity index (χ0v) is 14.8. The third kappa shape index (κ3) is 4.00. The fourth-order valence-corrected chi connectivity index (χ4v) is 4.44. The highest BCUT2D eigenvalue weighted by atomic mass is 15.2. The van der Waals surface area contributed by atoms with E-state index in [0.717, 1.165) is 17.9 Å². The van der Waals surface area contributed by atoms with Crippen molar-refractivity contribution in [2.45, 2.75) is 86.1 Å². The van der Waals surface area contributed by atoms with Gasteiger partial charge in [-0.15, -0.1) is 0 Å². The van der Waals surface area contributed by atoms with Crippen molar-refractivity contribution < 1.29 is 0 Å². The van der Waals surface area contributed by atoms with Crippen LogP contribution < -0.4 is 0 Å². The van der Waals surface area contributed by atoms with Crippen molar-refractivity contribution in [2.75, 3.05) is 13.1 Å². The first-order chi connectivity index (χ1) is 9.18. The quantitative estimate of drug-likeness (QED) is 0.625. The molecule has 1 heteroatoms. The van der Waals surface area contributed by atoms with Crippen molar-refractivity contribution in [1.29, 1.82) is 0 Å². The molecule has 0 unspecified atom stereocenters. The summed E-state index contributed by atoms with van der Waals surface area (Å²) in [5.74, 6) is 1.88. The molecule has 0 bridgehead atoms. The van der Waals surface area contributed by atoms with Crippen LogP contribution in [0.2, 0.25) is 0 Å². The molecule has 1 aliphatic carbocycles. The van der Waals surface area contributed by atoms with Crippen LogP contribution >= 0.6 is 0 Å². The molecule has 118 valence electrons. The SMILES string of the molecule is CC(C)(C)C1CCC(N2CCC(C(C)(C)C)CC2)CC1. The Morgan fingerprint density at radius 3 is 1.40 bits per heavy atom. The predicted octanol–water partition coefficient (Wildman–Crippen LogP) is 5.35. The van der Waals surface area contributed by atoms with E-state index in [-0.39, 0.29) is 0 Å². The highest BCUT2D eigenvalue weighted by Gasteiger charge is 2.35. The lowest BCUT2D eigenvalue weighted by molar-refractivity contribution is 0.0479. The van der Waals surface area contributed by atoms with Crippen LogP contribution in [0, 0.1) is 22.7 Å². The summed E-state index contributed by atoms with van der Waals surface area (Å²) in [4.78, 5) is 2.82. The molecule has 1 nitrogen and oxygen atoms in total. The summed E-state index contributed by atoms with van der Waals surface area (Å²) in [6.45, 7) is 17.2. The van der Waals surface area contributed by atoms with E-state index in [2.05, 4.69) is 46.4 Å². The van der Waals surface area contributed by atoms with E-state index in [9.17, 15) is 0 Å². The zero-order valence-electron chi connectivity index (χ0n) is 14.8. The minimum absolute atomic E-state index is 0.510. The first-order valence-electron chi connectivity index (χ1n) is 8.92. The van der Waals surface area contributed by atoms with E-state index in [1.807, 2.05) is 0 Å². The van der Waals surface area contributed by atoms with Gasteiger partial charge in [-0.3, -0.25) is 0 Å². The summed E-state index contributed by atoms with van der Waals surface area (Å²) >= 11 is 0. The summed E-state index contributed by atoms with van der Waals surface area (Å²) < 4.78 is 0. The van der Waals surface area contributed by atoms with E-state index in [1.54, 1.807) is 0 Å². The molecule has 0 aromatic rings. The molecule has 0 aromatic carbocycles. The fourth-order valence-electron chi connectivity index (χ4n) is 4.44. The molecule has 0 atom stereocenters. The van der Waals surface area contributed by atoms with Gasteiger partial charge < -0.3 is 4.90 Å². The Morgan fingerprint density at radius 1 is 0.600 bits per heavy atom. The topological polar surface area (TPSA) is 3.24 Å². The summed E-state index contributed by atoms with van der Waals surface area (Å²) in [6.07, 6.45) is 8.64. The van der Waals surface area contributed by atoms with Gasteiger partial charge in [0.2, 0.25) is 0 Å². The summed E-state index contributed by atoms with van der Waals surface area (Å²) in [5, 5.41) is 0. The molecule has 0 amide bonds. The third-order valence-corrected chi connectivity index (χ3v) is 6.19. The molecule has 2 fully saturated rings. The lowest BCUT2D eigenvalue weighted by Crippen LogP contribution is -2.45. The largest absolute Gasteiger partial charge is 0.300 e. The van der Waals surface area contributed by atoms with Crippen molar-refractivity contribution in [3.05, 3.63) is 0 Å². The summed E-state index contributed by atoms with van der Waals surface area (Å²) in [5.41, 5.74) is 1.03. The average Bonchev–Trinajstić information content (AvgIpc) is 2.37. The zero-order chi connectivity index (χ0) is 15.0. The molecule has 0 spiro atoms. The Bertz CT molecular complexity index is 259. The highest BCUT2D eigenvalue weighted by Crippen LogP contribution is 2.41. The minimum atomic E-state index is 0.510. The van der Waals surface area contributed by atoms with Crippen molar-refractivity contribution >= 4 is 0 Å². The predicted molar refractivity (Wildman–Crippen MR) is 89.0 cm³/mol. The Labute approximate surface area is 127 Å². The van der Waals surface area contributed by atoms with Crippen molar-refractivity contribution in [1.82, 2.24) is 4.90 Å². The molecule has 1 saturated heterocycles. The number of hydrogen-bond acceptors (Lipinski definition) is 1. The maximum atomic E-state index is 2.82. The van der Waals surface area contributed by atoms with Gasteiger partial charge in [-0.2, -0.15) is 0 Å². The van der Waals surface area contributed by atoms with Gasteiger partial charge in [-0.1, -0.05) is 41.5 Å². The Hall–Kier alpha value is -0.0400. The minimum Gasteiger partial charge on any atom is -0.300 e. The van der Waals surface area contributed by atoms with E-state index >= 15 is 0 Å². The molecule has 2 rings (SSSR count). The number of hydrogen-bond donors (Lipinski definition) is 0. The van der Waals surface area contributed by atoms with Crippen LogP contribution in [0.15, 0.2) is 0 Å². The molecular formula is C19H37N. The van der Waals surface area contributed by atoms with E-state index in [0.29, 0.717) is 10.8 Å². The Kier molecular flexibility index (Phi) is 4.89. The van der Waals surface area contributed by atoms with Gasteiger partial charge in [0.15, 0.2) is 0 Å². The van der Waals surface area contributed by atoms with Gasteiger partial charge in [-0.25, -0.2) is 0 Å². The molecule has 0 N–H and O–H groups in total. The first-order valence-corrected chi connectivity index (χ1v) is 8.92. The van der Waals surface area contributed by atoms with Gasteiger partial charge in [-0.05, 0) is 74.3 Å². The van der Waals surface area contributed by atoms with Crippen LogP contribution in [0.3, 0.4) is 0 Å². The van der Waals surface area contributed by atoms with Crippen molar-refractivity contribution in [3.63, 3.8) is 0 Å². The van der Waals surface area contributed by atoms with Crippen LogP contribution in [-0.4, -0.2) is 24.0 Å². The molecule has 1 saturated carbocycles.